The number of carbonyl (C=O) groups excluding carboxylic acids is 2. The Balaban J connectivity index is 1.70. The van der Waals surface area contributed by atoms with E-state index in [2.05, 4.69) is 21.2 Å². The number of hydrogen-bond acceptors (Lipinski definition) is 3. The van der Waals surface area contributed by atoms with Gasteiger partial charge < -0.3 is 16.2 Å². The number of rotatable bonds is 3. The molecule has 150 valence electrons. The Morgan fingerprint density at radius 2 is 1.90 bits per heavy atom. The van der Waals surface area contributed by atoms with Gasteiger partial charge in [-0.15, -0.1) is 0 Å². The third kappa shape index (κ3) is 3.60. The number of carbonyl (C=O) groups is 2. The van der Waals surface area contributed by atoms with Gasteiger partial charge in [-0.05, 0) is 54.7 Å². The summed E-state index contributed by atoms with van der Waals surface area (Å²) in [5, 5.41) is 14.1. The molecule has 0 bridgehead atoms. The highest BCUT2D eigenvalue weighted by Gasteiger charge is 2.26. The molecule has 1 aromatic heterocycles. The van der Waals surface area contributed by atoms with Gasteiger partial charge in [0.1, 0.15) is 5.56 Å². The minimum absolute atomic E-state index is 0.0453. The van der Waals surface area contributed by atoms with Crippen molar-refractivity contribution in [3.05, 3.63) is 57.0 Å². The van der Waals surface area contributed by atoms with E-state index in [9.17, 15) is 14.7 Å². The van der Waals surface area contributed by atoms with Gasteiger partial charge in [-0.2, -0.15) is 0 Å². The lowest BCUT2D eigenvalue weighted by Crippen LogP contribution is -2.19. The standard InChI is InChI=1S/C21H19BrClN3O3/c22-13-6-8-17-14(10-13)18(20(28)26(17)21(24)29)19(27)25-16-7-5-12(9-15(16)23)11-3-1-2-4-11/h5-11,28H,1-4H2,(H2,24,29)(H,25,27). The minimum Gasteiger partial charge on any atom is -0.494 e. The molecule has 3 aromatic rings. The first-order chi connectivity index (χ1) is 13.9. The van der Waals surface area contributed by atoms with E-state index in [1.165, 1.54) is 18.4 Å². The van der Waals surface area contributed by atoms with Crippen LogP contribution in [-0.4, -0.2) is 21.6 Å². The molecule has 1 aliphatic rings. The first-order valence-electron chi connectivity index (χ1n) is 9.30. The molecule has 0 radical (unpaired) electrons. The molecule has 29 heavy (non-hydrogen) atoms. The number of amides is 2. The fourth-order valence-electron chi connectivity index (χ4n) is 4.03. The number of nitrogens with zero attached hydrogens (tertiary/aromatic N) is 1. The quantitative estimate of drug-likeness (QED) is 0.459. The molecule has 6 nitrogen and oxygen atoms in total. The van der Waals surface area contributed by atoms with Crippen molar-refractivity contribution in [3.8, 4) is 5.88 Å². The van der Waals surface area contributed by atoms with E-state index >= 15 is 0 Å². The topological polar surface area (TPSA) is 97.3 Å². The Bertz CT molecular complexity index is 1140. The molecule has 1 aliphatic carbocycles. The molecular formula is C21H19BrClN3O3. The molecule has 1 saturated carbocycles. The maximum absolute atomic E-state index is 13.0. The van der Waals surface area contributed by atoms with Crippen molar-refractivity contribution in [2.24, 2.45) is 5.73 Å². The second kappa shape index (κ2) is 7.72. The van der Waals surface area contributed by atoms with Gasteiger partial charge in [0.15, 0.2) is 0 Å². The smallest absolute Gasteiger partial charge is 0.326 e. The summed E-state index contributed by atoms with van der Waals surface area (Å²) < 4.78 is 1.60. The zero-order valence-electron chi connectivity index (χ0n) is 15.4. The van der Waals surface area contributed by atoms with E-state index in [0.717, 1.165) is 17.4 Å². The first kappa shape index (κ1) is 19.8. The molecule has 0 unspecified atom stereocenters. The third-order valence-corrected chi connectivity index (χ3v) is 6.23. The highest BCUT2D eigenvalue weighted by Crippen LogP contribution is 2.38. The number of aromatic nitrogens is 1. The van der Waals surface area contributed by atoms with Crippen LogP contribution in [0.2, 0.25) is 5.02 Å². The zero-order chi connectivity index (χ0) is 20.7. The van der Waals surface area contributed by atoms with Crippen LogP contribution in [0.4, 0.5) is 10.5 Å². The van der Waals surface area contributed by atoms with Crippen LogP contribution in [0.25, 0.3) is 10.9 Å². The summed E-state index contributed by atoms with van der Waals surface area (Å²) in [6.45, 7) is 0. The Morgan fingerprint density at radius 3 is 2.55 bits per heavy atom. The van der Waals surface area contributed by atoms with Gasteiger partial charge in [0.2, 0.25) is 5.88 Å². The fraction of sp³-hybridized carbons (Fsp3) is 0.238. The lowest BCUT2D eigenvalue weighted by Gasteiger charge is -2.13. The molecule has 1 heterocycles. The zero-order valence-corrected chi connectivity index (χ0v) is 17.8. The predicted octanol–water partition coefficient (Wildman–Crippen LogP) is 5.60. The number of fused-ring (bicyclic) bond motifs is 1. The number of primary amides is 1. The van der Waals surface area contributed by atoms with Gasteiger partial charge in [-0.3, -0.25) is 4.79 Å². The van der Waals surface area contributed by atoms with Gasteiger partial charge in [0, 0.05) is 9.86 Å². The number of hydrogen-bond donors (Lipinski definition) is 3. The van der Waals surface area contributed by atoms with Crippen LogP contribution in [0, 0.1) is 0 Å². The molecule has 0 spiro atoms. The number of benzene rings is 2. The molecule has 0 atom stereocenters. The van der Waals surface area contributed by atoms with Crippen molar-refractivity contribution in [2.75, 3.05) is 5.32 Å². The number of nitrogens with two attached hydrogens (primary N) is 1. The van der Waals surface area contributed by atoms with Crippen LogP contribution in [0.15, 0.2) is 40.9 Å². The van der Waals surface area contributed by atoms with Crippen molar-refractivity contribution in [3.63, 3.8) is 0 Å². The van der Waals surface area contributed by atoms with Gasteiger partial charge in [-0.1, -0.05) is 46.4 Å². The van der Waals surface area contributed by atoms with Crippen molar-refractivity contribution in [1.82, 2.24) is 4.57 Å². The number of halogens is 2. The summed E-state index contributed by atoms with van der Waals surface area (Å²) in [7, 11) is 0. The second-order valence-electron chi connectivity index (χ2n) is 7.21. The van der Waals surface area contributed by atoms with E-state index in [0.29, 0.717) is 32.0 Å². The highest BCUT2D eigenvalue weighted by molar-refractivity contribution is 9.10. The van der Waals surface area contributed by atoms with Crippen LogP contribution < -0.4 is 11.1 Å². The lowest BCUT2D eigenvalue weighted by atomic mass is 9.97. The van der Waals surface area contributed by atoms with E-state index in [1.54, 1.807) is 24.3 Å². The van der Waals surface area contributed by atoms with Crippen LogP contribution >= 0.6 is 27.5 Å². The molecule has 0 aliphatic heterocycles. The summed E-state index contributed by atoms with van der Waals surface area (Å²) in [5.74, 6) is -0.588. The average Bonchev–Trinajstić information content (AvgIpc) is 3.28. The maximum Gasteiger partial charge on any atom is 0.326 e. The fourth-order valence-corrected chi connectivity index (χ4v) is 4.62. The van der Waals surface area contributed by atoms with Gasteiger partial charge in [-0.25, -0.2) is 9.36 Å². The first-order valence-corrected chi connectivity index (χ1v) is 10.5. The highest BCUT2D eigenvalue weighted by atomic mass is 79.9. The van der Waals surface area contributed by atoms with Crippen LogP contribution in [0.5, 0.6) is 5.88 Å². The Kier molecular flexibility index (Phi) is 5.27. The van der Waals surface area contributed by atoms with Crippen LogP contribution in [0.3, 0.4) is 0 Å². The van der Waals surface area contributed by atoms with Crippen molar-refractivity contribution >= 4 is 56.1 Å². The molecule has 8 heteroatoms. The summed E-state index contributed by atoms with van der Waals surface area (Å²) in [6.07, 6.45) is 4.74. The summed E-state index contributed by atoms with van der Waals surface area (Å²) in [6, 6.07) is 9.69. The predicted molar refractivity (Wildman–Crippen MR) is 117 cm³/mol. The van der Waals surface area contributed by atoms with Crippen molar-refractivity contribution < 1.29 is 14.7 Å². The van der Waals surface area contributed by atoms with Crippen molar-refractivity contribution in [2.45, 2.75) is 31.6 Å². The number of anilines is 1. The number of aromatic hydroxyl groups is 1. The summed E-state index contributed by atoms with van der Waals surface area (Å²) >= 11 is 9.76. The summed E-state index contributed by atoms with van der Waals surface area (Å²) in [4.78, 5) is 24.8. The van der Waals surface area contributed by atoms with E-state index < -0.39 is 17.8 Å². The Labute approximate surface area is 180 Å². The molecule has 2 amide bonds. The monoisotopic (exact) mass is 475 g/mol. The van der Waals surface area contributed by atoms with Crippen LogP contribution in [0.1, 0.15) is 47.5 Å². The average molecular weight is 477 g/mol. The number of nitrogens with one attached hydrogen (secondary N) is 1. The minimum atomic E-state index is -0.882. The molecule has 2 aromatic carbocycles. The SMILES string of the molecule is NC(=O)n1c(O)c(C(=O)Nc2ccc(C3CCCC3)cc2Cl)c2cc(Br)ccc21. The molecule has 4 N–H and O–H groups in total. The second-order valence-corrected chi connectivity index (χ2v) is 8.53. The van der Waals surface area contributed by atoms with E-state index in [1.807, 2.05) is 12.1 Å². The van der Waals surface area contributed by atoms with E-state index in [4.69, 9.17) is 17.3 Å². The Morgan fingerprint density at radius 1 is 1.17 bits per heavy atom. The van der Waals surface area contributed by atoms with Gasteiger partial charge in [0.25, 0.3) is 5.91 Å². The largest absolute Gasteiger partial charge is 0.494 e. The van der Waals surface area contributed by atoms with Crippen molar-refractivity contribution in [1.29, 1.82) is 0 Å². The van der Waals surface area contributed by atoms with Gasteiger partial charge in [0.05, 0.1) is 16.2 Å². The van der Waals surface area contributed by atoms with Crippen LogP contribution in [-0.2, 0) is 0 Å². The maximum atomic E-state index is 13.0. The third-order valence-electron chi connectivity index (χ3n) is 5.42. The van der Waals surface area contributed by atoms with Gasteiger partial charge >= 0.3 is 6.03 Å². The normalized spacial score (nSPS) is 14.4. The molecule has 4 rings (SSSR count). The molecular weight excluding hydrogens is 458 g/mol. The lowest BCUT2D eigenvalue weighted by molar-refractivity contribution is 0.102. The van der Waals surface area contributed by atoms with E-state index in [-0.39, 0.29) is 5.56 Å². The molecule has 1 fully saturated rings. The summed E-state index contributed by atoms with van der Waals surface area (Å²) in [5.41, 5.74) is 7.29. The Hall–Kier alpha value is -2.51. The molecule has 0 saturated heterocycles.